The Morgan fingerprint density at radius 2 is 1.98 bits per heavy atom. The molecule has 5 rings (SSSR count). The molecule has 2 aliphatic carbocycles. The van der Waals surface area contributed by atoms with Crippen LogP contribution in [0.1, 0.15) is 49.7 Å². The minimum Gasteiger partial charge on any atom is -0.383 e. The Kier molecular flexibility index (Phi) is 8.27. The Hall–Kier alpha value is -2.51. The number of nitrogens with two attached hydrogens (primary N) is 1. The Morgan fingerprint density at radius 3 is 2.65 bits per heavy atom. The molecule has 2 fully saturated rings. The number of hydrogen-bond acceptors (Lipinski definition) is 9. The van der Waals surface area contributed by atoms with Crippen LogP contribution in [-0.4, -0.2) is 77.9 Å². The molecule has 0 unspecified atom stereocenters. The second kappa shape index (κ2) is 11.4. The molecule has 2 aromatic rings. The molecule has 2 saturated carbocycles. The summed E-state index contributed by atoms with van der Waals surface area (Å²) >= 11 is 6.46. The number of halogens is 1. The molecule has 1 aliphatic heterocycles. The smallest absolute Gasteiger partial charge is 0.271 e. The van der Waals surface area contributed by atoms with Crippen LogP contribution in [0.5, 0.6) is 0 Å². The van der Waals surface area contributed by atoms with Crippen LogP contribution in [0.2, 0.25) is 5.02 Å². The highest BCUT2D eigenvalue weighted by molar-refractivity contribution is 7.87. The van der Waals surface area contributed by atoms with E-state index in [0.717, 1.165) is 44.6 Å². The second-order valence-electron chi connectivity index (χ2n) is 11.1. The van der Waals surface area contributed by atoms with E-state index in [-0.39, 0.29) is 30.1 Å². The van der Waals surface area contributed by atoms with Crippen LogP contribution in [0.25, 0.3) is 0 Å². The van der Waals surface area contributed by atoms with Gasteiger partial charge >= 0.3 is 0 Å². The van der Waals surface area contributed by atoms with E-state index in [1.807, 2.05) is 6.07 Å². The maximum absolute atomic E-state index is 12.9. The predicted molar refractivity (Wildman–Crippen MR) is 154 cm³/mol. The fourth-order valence-corrected chi connectivity index (χ4v) is 8.17. The molecule has 2 atom stereocenters. The van der Waals surface area contributed by atoms with Gasteiger partial charge in [-0.05, 0) is 61.8 Å². The second-order valence-corrected chi connectivity index (χ2v) is 13.2. The summed E-state index contributed by atoms with van der Waals surface area (Å²) < 4.78 is 38.8. The van der Waals surface area contributed by atoms with Crippen molar-refractivity contribution >= 4 is 45.1 Å². The van der Waals surface area contributed by atoms with Crippen LogP contribution in [0.4, 0.5) is 17.5 Å². The number of nitrogens with one attached hydrogen (secondary N) is 2. The molecule has 218 valence electrons. The minimum atomic E-state index is -4.53. The van der Waals surface area contributed by atoms with E-state index in [4.69, 9.17) is 22.1 Å². The molecule has 1 aromatic heterocycles. The van der Waals surface area contributed by atoms with Gasteiger partial charge in [0.25, 0.3) is 10.1 Å². The zero-order chi connectivity index (χ0) is 28.5. The summed E-state index contributed by atoms with van der Waals surface area (Å²) in [4.78, 5) is 24.2. The summed E-state index contributed by atoms with van der Waals surface area (Å²) in [5, 5.41) is 6.71. The number of primary amides is 1. The van der Waals surface area contributed by atoms with E-state index < -0.39 is 32.2 Å². The number of anilines is 3. The number of rotatable bonds is 10. The Bertz CT molecular complexity index is 1370. The van der Waals surface area contributed by atoms with Gasteiger partial charge in [0.1, 0.15) is 9.77 Å². The van der Waals surface area contributed by atoms with E-state index in [1.165, 1.54) is 17.3 Å². The Labute approximate surface area is 240 Å². The number of ether oxygens (including phenoxy) is 1. The molecule has 0 saturated heterocycles. The summed E-state index contributed by atoms with van der Waals surface area (Å²) in [5.74, 6) is -0.168. The first-order valence-corrected chi connectivity index (χ1v) is 15.6. The monoisotopic (exact) mass is 592 g/mol. The van der Waals surface area contributed by atoms with Crippen molar-refractivity contribution in [3.63, 3.8) is 0 Å². The standard InChI is InChI=1S/C27H37ClN6O5S/c1-39-15-14-34-12-7-18-5-6-20(16-19(18)8-13-34)31-25-30-17-21(28)23(33-25)32-22-4-2-3-9-27(22,24(29)35)26(10-11-26)40(36,37)38/h5-6,16-17,22H,2-4,7-15H2,1H3,(H2,29,35)(H,36,37,38)(H2,30,31,32,33)/t22-,27-/m1/s1. The fraction of sp³-hybridized carbons (Fsp3) is 0.593. The summed E-state index contributed by atoms with van der Waals surface area (Å²) in [6.45, 7) is 3.57. The number of carbonyl (C=O) groups is 1. The number of amides is 1. The van der Waals surface area contributed by atoms with Crippen molar-refractivity contribution in [3.05, 3.63) is 40.5 Å². The van der Waals surface area contributed by atoms with Gasteiger partial charge in [-0.15, -0.1) is 0 Å². The molecule has 40 heavy (non-hydrogen) atoms. The van der Waals surface area contributed by atoms with Gasteiger partial charge in [0, 0.05) is 38.5 Å². The maximum atomic E-state index is 12.9. The third kappa shape index (κ3) is 5.39. The molecule has 13 heteroatoms. The molecule has 5 N–H and O–H groups in total. The highest BCUT2D eigenvalue weighted by atomic mass is 35.5. The lowest BCUT2D eigenvalue weighted by Gasteiger charge is -2.46. The third-order valence-corrected chi connectivity index (χ3v) is 10.9. The molecule has 1 amide bonds. The zero-order valence-electron chi connectivity index (χ0n) is 22.7. The van der Waals surface area contributed by atoms with Gasteiger partial charge in [-0.25, -0.2) is 4.98 Å². The average molecular weight is 593 g/mol. The lowest BCUT2D eigenvalue weighted by atomic mass is 9.65. The van der Waals surface area contributed by atoms with Crippen molar-refractivity contribution in [2.75, 3.05) is 44.0 Å². The molecular weight excluding hydrogens is 556 g/mol. The first-order valence-electron chi connectivity index (χ1n) is 13.8. The maximum Gasteiger partial charge on any atom is 0.271 e. The number of nitrogens with zero attached hydrogens (tertiary/aromatic N) is 3. The molecule has 2 heterocycles. The van der Waals surface area contributed by atoms with Gasteiger partial charge in [0.2, 0.25) is 11.9 Å². The van der Waals surface area contributed by atoms with Crippen LogP contribution in [-0.2, 0) is 32.5 Å². The molecule has 3 aliphatic rings. The van der Waals surface area contributed by atoms with E-state index >= 15 is 0 Å². The average Bonchev–Trinajstić information content (AvgIpc) is 3.75. The highest BCUT2D eigenvalue weighted by Crippen LogP contribution is 2.61. The van der Waals surface area contributed by atoms with E-state index in [0.29, 0.717) is 25.4 Å². The molecule has 0 bridgehead atoms. The van der Waals surface area contributed by atoms with Crippen LogP contribution in [0, 0.1) is 5.41 Å². The number of aromatic nitrogens is 2. The number of methoxy groups -OCH3 is 1. The van der Waals surface area contributed by atoms with Gasteiger partial charge in [-0.3, -0.25) is 9.35 Å². The minimum absolute atomic E-state index is 0.180. The number of carbonyl (C=O) groups excluding carboxylic acids is 1. The van der Waals surface area contributed by atoms with Crippen LogP contribution >= 0.6 is 11.6 Å². The summed E-state index contributed by atoms with van der Waals surface area (Å²) in [5.41, 5.74) is 7.84. The van der Waals surface area contributed by atoms with Crippen molar-refractivity contribution in [1.29, 1.82) is 0 Å². The van der Waals surface area contributed by atoms with Gasteiger partial charge in [0.15, 0.2) is 5.82 Å². The largest absolute Gasteiger partial charge is 0.383 e. The first-order chi connectivity index (χ1) is 19.1. The van der Waals surface area contributed by atoms with Gasteiger partial charge in [0.05, 0.1) is 18.2 Å². The first kappa shape index (κ1) is 29.0. The van der Waals surface area contributed by atoms with Crippen LogP contribution in [0.3, 0.4) is 0 Å². The van der Waals surface area contributed by atoms with Crippen molar-refractivity contribution < 1.29 is 22.5 Å². The van der Waals surface area contributed by atoms with E-state index in [9.17, 15) is 17.8 Å². The van der Waals surface area contributed by atoms with Crippen molar-refractivity contribution in [1.82, 2.24) is 14.9 Å². The normalized spacial score (nSPS) is 24.5. The SMILES string of the molecule is COCCN1CCc2ccc(Nc3ncc(Cl)c(N[C@@H]4CCCC[C@@]4(C(N)=O)C4(S(=O)(=O)O)CC4)n3)cc2CC1. The van der Waals surface area contributed by atoms with Gasteiger partial charge in [-0.1, -0.05) is 30.5 Å². The number of fused-ring (bicyclic) bond motifs is 1. The summed E-state index contributed by atoms with van der Waals surface area (Å²) in [7, 11) is -2.81. The molecule has 0 spiro atoms. The van der Waals surface area contributed by atoms with Gasteiger partial charge < -0.3 is 26.0 Å². The molecule has 11 nitrogen and oxygen atoms in total. The van der Waals surface area contributed by atoms with E-state index in [1.54, 1.807) is 7.11 Å². The molecule has 1 aromatic carbocycles. The fourth-order valence-electron chi connectivity index (χ4n) is 6.60. The number of benzene rings is 1. The third-order valence-electron chi connectivity index (χ3n) is 8.88. The van der Waals surface area contributed by atoms with E-state index in [2.05, 4.69) is 37.6 Å². The Balaban J connectivity index is 1.36. The Morgan fingerprint density at radius 1 is 1.23 bits per heavy atom. The van der Waals surface area contributed by atoms with Crippen molar-refractivity contribution in [2.24, 2.45) is 11.1 Å². The molecular formula is C27H37ClN6O5S. The predicted octanol–water partition coefficient (Wildman–Crippen LogP) is 3.17. The van der Waals surface area contributed by atoms with Crippen molar-refractivity contribution in [2.45, 2.75) is 62.2 Å². The highest BCUT2D eigenvalue weighted by Gasteiger charge is 2.72. The number of hydrogen-bond donors (Lipinski definition) is 4. The lowest BCUT2D eigenvalue weighted by Crippen LogP contribution is -2.61. The summed E-state index contributed by atoms with van der Waals surface area (Å²) in [6.07, 6.45) is 5.85. The van der Waals surface area contributed by atoms with Crippen LogP contribution < -0.4 is 16.4 Å². The van der Waals surface area contributed by atoms with Crippen LogP contribution in [0.15, 0.2) is 24.4 Å². The molecule has 0 radical (unpaired) electrons. The van der Waals surface area contributed by atoms with Crippen molar-refractivity contribution in [3.8, 4) is 0 Å². The summed E-state index contributed by atoms with van der Waals surface area (Å²) in [6, 6.07) is 5.57. The quantitative estimate of drug-likeness (QED) is 0.302. The lowest BCUT2D eigenvalue weighted by molar-refractivity contribution is -0.131. The zero-order valence-corrected chi connectivity index (χ0v) is 24.2. The van der Waals surface area contributed by atoms with Gasteiger partial charge in [-0.2, -0.15) is 13.4 Å². The topological polar surface area (TPSA) is 160 Å².